The van der Waals surface area contributed by atoms with Crippen molar-refractivity contribution in [1.82, 2.24) is 14.5 Å². The van der Waals surface area contributed by atoms with Crippen molar-refractivity contribution in [1.29, 1.82) is 0 Å². The minimum atomic E-state index is -0.262. The Balaban J connectivity index is 1.05. The Hall–Kier alpha value is -4.49. The lowest BCUT2D eigenvalue weighted by Gasteiger charge is -2.31. The Kier molecular flexibility index (Phi) is 7.55. The molecule has 202 valence electrons. The van der Waals surface area contributed by atoms with Gasteiger partial charge in [0.15, 0.2) is 0 Å². The molecule has 1 N–H and O–H groups in total. The molecule has 1 aromatic heterocycles. The number of nitrogens with zero attached hydrogens (tertiary/aromatic N) is 3. The van der Waals surface area contributed by atoms with Gasteiger partial charge in [-0.1, -0.05) is 42.5 Å². The molecular weight excluding hydrogens is 503 g/mol. The third kappa shape index (κ3) is 5.90. The Labute approximate surface area is 233 Å². The lowest BCUT2D eigenvalue weighted by molar-refractivity contribution is -0.121. The molecule has 1 amide bonds. The molecule has 4 aromatic carbocycles. The third-order valence-electron chi connectivity index (χ3n) is 7.41. The number of carbonyl (C=O) groups is 1. The van der Waals surface area contributed by atoms with Gasteiger partial charge < -0.3 is 10.1 Å². The summed E-state index contributed by atoms with van der Waals surface area (Å²) in [6.45, 7) is 2.77. The second kappa shape index (κ2) is 11.7. The zero-order chi connectivity index (χ0) is 27.3. The number of hydrogen-bond acceptors (Lipinski definition) is 4. The number of piperidine rings is 1. The predicted molar refractivity (Wildman–Crippen MR) is 155 cm³/mol. The van der Waals surface area contributed by atoms with Crippen LogP contribution in [0.25, 0.3) is 16.7 Å². The smallest absolute Gasteiger partial charge is 0.227 e. The molecule has 0 radical (unpaired) electrons. The van der Waals surface area contributed by atoms with Gasteiger partial charge in [0.2, 0.25) is 5.91 Å². The summed E-state index contributed by atoms with van der Waals surface area (Å²) in [5, 5.41) is 3.07. The largest absolute Gasteiger partial charge is 0.489 e. The number of hydrogen-bond donors (Lipinski definition) is 1. The fourth-order valence-electron chi connectivity index (χ4n) is 5.23. The number of amides is 1. The normalized spacial score (nSPS) is 14.3. The molecule has 6 rings (SSSR count). The number of benzene rings is 4. The zero-order valence-corrected chi connectivity index (χ0v) is 22.2. The summed E-state index contributed by atoms with van der Waals surface area (Å²) in [4.78, 5) is 20.2. The number of halogens is 1. The fourth-order valence-corrected chi connectivity index (χ4v) is 5.23. The highest BCUT2D eigenvalue weighted by Crippen LogP contribution is 2.26. The summed E-state index contributed by atoms with van der Waals surface area (Å²) in [7, 11) is 0. The van der Waals surface area contributed by atoms with Crippen LogP contribution in [0.3, 0.4) is 0 Å². The van der Waals surface area contributed by atoms with Crippen LogP contribution >= 0.6 is 0 Å². The van der Waals surface area contributed by atoms with Gasteiger partial charge in [-0.3, -0.25) is 14.3 Å². The highest BCUT2D eigenvalue weighted by molar-refractivity contribution is 5.92. The summed E-state index contributed by atoms with van der Waals surface area (Å²) < 4.78 is 21.5. The van der Waals surface area contributed by atoms with Crippen LogP contribution in [0.15, 0.2) is 103 Å². The SMILES string of the molecule is O=C(Nc1ccc(OCc2ccccc2)cc1)C1CCN(Cc2nc3ccccc3n2-c2ccc(F)cc2)CC1. The van der Waals surface area contributed by atoms with Crippen molar-refractivity contribution in [2.24, 2.45) is 5.92 Å². The van der Waals surface area contributed by atoms with Crippen molar-refractivity contribution in [3.63, 3.8) is 0 Å². The maximum absolute atomic E-state index is 13.6. The molecule has 0 saturated carbocycles. The van der Waals surface area contributed by atoms with Crippen molar-refractivity contribution >= 4 is 22.6 Å². The van der Waals surface area contributed by atoms with E-state index in [0.29, 0.717) is 13.2 Å². The van der Waals surface area contributed by atoms with Crippen LogP contribution in [-0.4, -0.2) is 33.4 Å². The van der Waals surface area contributed by atoms with Crippen LogP contribution in [0.2, 0.25) is 0 Å². The minimum Gasteiger partial charge on any atom is -0.489 e. The van der Waals surface area contributed by atoms with E-state index in [1.165, 1.54) is 12.1 Å². The van der Waals surface area contributed by atoms with E-state index < -0.39 is 0 Å². The first-order valence-corrected chi connectivity index (χ1v) is 13.6. The zero-order valence-electron chi connectivity index (χ0n) is 22.2. The average Bonchev–Trinajstić information content (AvgIpc) is 3.36. The minimum absolute atomic E-state index is 0.0406. The average molecular weight is 535 g/mol. The van der Waals surface area contributed by atoms with Crippen LogP contribution in [0.4, 0.5) is 10.1 Å². The number of para-hydroxylation sites is 2. The molecule has 0 aliphatic carbocycles. The summed E-state index contributed by atoms with van der Waals surface area (Å²) in [5.74, 6) is 1.42. The third-order valence-corrected chi connectivity index (χ3v) is 7.41. The number of anilines is 1. The van der Waals surface area contributed by atoms with Gasteiger partial charge in [0.1, 0.15) is 24.0 Å². The van der Waals surface area contributed by atoms with Crippen LogP contribution in [0, 0.1) is 11.7 Å². The fraction of sp³-hybridized carbons (Fsp3) is 0.212. The molecule has 0 unspecified atom stereocenters. The van der Waals surface area contributed by atoms with E-state index in [9.17, 15) is 9.18 Å². The van der Waals surface area contributed by atoms with Gasteiger partial charge in [-0.05, 0) is 92.2 Å². The molecule has 5 aromatic rings. The molecule has 0 bridgehead atoms. The van der Waals surface area contributed by atoms with E-state index in [1.807, 2.05) is 78.9 Å². The molecule has 2 heterocycles. The first kappa shape index (κ1) is 25.8. The second-order valence-electron chi connectivity index (χ2n) is 10.2. The molecule has 1 aliphatic rings. The molecule has 40 heavy (non-hydrogen) atoms. The van der Waals surface area contributed by atoms with Crippen molar-refractivity contribution in [3.05, 3.63) is 120 Å². The van der Waals surface area contributed by atoms with Gasteiger partial charge in [-0.25, -0.2) is 9.37 Å². The van der Waals surface area contributed by atoms with E-state index >= 15 is 0 Å². The Morgan fingerprint density at radius 3 is 2.33 bits per heavy atom. The van der Waals surface area contributed by atoms with E-state index in [2.05, 4.69) is 14.8 Å². The van der Waals surface area contributed by atoms with Gasteiger partial charge in [0, 0.05) is 17.3 Å². The van der Waals surface area contributed by atoms with Crippen LogP contribution in [-0.2, 0) is 17.9 Å². The number of aromatic nitrogens is 2. The van der Waals surface area contributed by atoms with Crippen molar-refractivity contribution in [2.75, 3.05) is 18.4 Å². The maximum Gasteiger partial charge on any atom is 0.227 e. The highest BCUT2D eigenvalue weighted by Gasteiger charge is 2.26. The summed E-state index contributed by atoms with van der Waals surface area (Å²) >= 11 is 0. The number of likely N-dealkylation sites (tertiary alicyclic amines) is 1. The number of carbonyl (C=O) groups excluding carboxylic acids is 1. The lowest BCUT2D eigenvalue weighted by atomic mass is 9.96. The van der Waals surface area contributed by atoms with E-state index in [-0.39, 0.29) is 17.6 Å². The molecular formula is C33H31FN4O2. The summed E-state index contributed by atoms with van der Waals surface area (Å²) in [6.07, 6.45) is 1.56. The number of imidazole rings is 1. The van der Waals surface area contributed by atoms with Crippen LogP contribution in [0.1, 0.15) is 24.2 Å². The number of fused-ring (bicyclic) bond motifs is 1. The topological polar surface area (TPSA) is 59.4 Å². The standard InChI is InChI=1S/C33H31FN4O2/c34-26-10-14-28(15-11-26)38-31-9-5-4-8-30(31)36-32(38)22-37-20-18-25(19-21-37)33(39)35-27-12-16-29(17-13-27)40-23-24-6-2-1-3-7-24/h1-17,25H,18-23H2,(H,35,39). The molecule has 7 heteroatoms. The van der Waals surface area contributed by atoms with Crippen molar-refractivity contribution in [3.8, 4) is 11.4 Å². The molecule has 1 saturated heterocycles. The molecule has 0 spiro atoms. The highest BCUT2D eigenvalue weighted by atomic mass is 19.1. The number of nitrogens with one attached hydrogen (secondary N) is 1. The Bertz CT molecular complexity index is 1580. The number of ether oxygens (including phenoxy) is 1. The Morgan fingerprint density at radius 2 is 1.57 bits per heavy atom. The second-order valence-corrected chi connectivity index (χ2v) is 10.2. The van der Waals surface area contributed by atoms with Gasteiger partial charge in [-0.15, -0.1) is 0 Å². The first-order chi connectivity index (χ1) is 19.6. The predicted octanol–water partition coefficient (Wildman–Crippen LogP) is 6.59. The lowest BCUT2D eigenvalue weighted by Crippen LogP contribution is -2.38. The van der Waals surface area contributed by atoms with Crippen LogP contribution in [0.5, 0.6) is 5.75 Å². The molecule has 1 aliphatic heterocycles. The van der Waals surface area contributed by atoms with Gasteiger partial charge in [-0.2, -0.15) is 0 Å². The van der Waals surface area contributed by atoms with Gasteiger partial charge in [0.05, 0.1) is 17.6 Å². The summed E-state index contributed by atoms with van der Waals surface area (Å²) in [6, 6.07) is 32.1. The Morgan fingerprint density at radius 1 is 0.875 bits per heavy atom. The number of rotatable bonds is 8. The summed E-state index contributed by atoms with van der Waals surface area (Å²) in [5.41, 5.74) is 4.67. The maximum atomic E-state index is 13.6. The van der Waals surface area contributed by atoms with Crippen LogP contribution < -0.4 is 10.1 Å². The van der Waals surface area contributed by atoms with E-state index in [0.717, 1.165) is 65.5 Å². The molecule has 1 fully saturated rings. The monoisotopic (exact) mass is 534 g/mol. The van der Waals surface area contributed by atoms with Gasteiger partial charge in [0.25, 0.3) is 0 Å². The van der Waals surface area contributed by atoms with Crippen molar-refractivity contribution in [2.45, 2.75) is 26.0 Å². The van der Waals surface area contributed by atoms with E-state index in [4.69, 9.17) is 9.72 Å². The molecule has 6 nitrogen and oxygen atoms in total. The molecule has 0 atom stereocenters. The van der Waals surface area contributed by atoms with Gasteiger partial charge >= 0.3 is 0 Å². The van der Waals surface area contributed by atoms with E-state index in [1.54, 1.807) is 12.1 Å². The first-order valence-electron chi connectivity index (χ1n) is 13.6. The quantitative estimate of drug-likeness (QED) is 0.244. The van der Waals surface area contributed by atoms with Crippen molar-refractivity contribution < 1.29 is 13.9 Å².